The summed E-state index contributed by atoms with van der Waals surface area (Å²) in [7, 11) is -0.802. The highest BCUT2D eigenvalue weighted by Crippen LogP contribution is 2.30. The fraction of sp³-hybridized carbons (Fsp3) is 0.381. The van der Waals surface area contributed by atoms with E-state index in [-0.39, 0.29) is 17.0 Å². The van der Waals surface area contributed by atoms with E-state index >= 15 is 0 Å². The predicted molar refractivity (Wildman–Crippen MR) is 113 cm³/mol. The van der Waals surface area contributed by atoms with Gasteiger partial charge in [-0.05, 0) is 55.2 Å². The first kappa shape index (κ1) is 21.9. The van der Waals surface area contributed by atoms with Crippen molar-refractivity contribution in [2.45, 2.75) is 24.2 Å². The van der Waals surface area contributed by atoms with Crippen molar-refractivity contribution in [1.29, 1.82) is 0 Å². The molecule has 30 heavy (non-hydrogen) atoms. The zero-order chi connectivity index (χ0) is 21.7. The minimum atomic E-state index is -3.89. The molecule has 9 heteroatoms. The van der Waals surface area contributed by atoms with Crippen LogP contribution in [0.25, 0.3) is 0 Å². The van der Waals surface area contributed by atoms with Crippen LogP contribution < -0.4 is 19.1 Å². The third-order valence-electron chi connectivity index (χ3n) is 5.10. The molecule has 2 aromatic rings. The van der Waals surface area contributed by atoms with E-state index < -0.39 is 16.0 Å². The molecule has 1 heterocycles. The summed E-state index contributed by atoms with van der Waals surface area (Å²) in [5.41, 5.74) is 1.36. The number of carboxylic acids is 1. The molecule has 0 radical (unpaired) electrons. The van der Waals surface area contributed by atoms with E-state index in [1.165, 1.54) is 12.1 Å². The van der Waals surface area contributed by atoms with Crippen LogP contribution in [0.15, 0.2) is 41.3 Å². The second-order valence-electron chi connectivity index (χ2n) is 7.02. The molecule has 0 amide bonds. The number of rotatable bonds is 9. The summed E-state index contributed by atoms with van der Waals surface area (Å²) in [6, 6.07) is 9.67. The summed E-state index contributed by atoms with van der Waals surface area (Å²) in [4.78, 5) is 13.4. The number of anilines is 1. The number of benzene rings is 2. The first-order chi connectivity index (χ1) is 14.4. The van der Waals surface area contributed by atoms with Crippen LogP contribution in [0.4, 0.5) is 5.69 Å². The first-order valence-corrected chi connectivity index (χ1v) is 11.2. The van der Waals surface area contributed by atoms with Gasteiger partial charge in [-0.2, -0.15) is 0 Å². The lowest BCUT2D eigenvalue weighted by Gasteiger charge is -2.22. The Balaban J connectivity index is 1.79. The van der Waals surface area contributed by atoms with Crippen molar-refractivity contribution in [3.05, 3.63) is 47.5 Å². The second kappa shape index (κ2) is 9.36. The molecular weight excluding hydrogens is 408 g/mol. The molecule has 162 valence electrons. The fourth-order valence-corrected chi connectivity index (χ4v) is 4.81. The van der Waals surface area contributed by atoms with Gasteiger partial charge < -0.3 is 19.5 Å². The third kappa shape index (κ3) is 4.85. The third-order valence-corrected chi connectivity index (χ3v) is 6.59. The number of carboxylic acid groups (broad SMARTS) is 1. The van der Waals surface area contributed by atoms with Gasteiger partial charge >= 0.3 is 5.97 Å². The number of hydrogen-bond acceptors (Lipinski definition) is 6. The van der Waals surface area contributed by atoms with Crippen molar-refractivity contribution in [2.75, 3.05) is 38.8 Å². The van der Waals surface area contributed by atoms with Gasteiger partial charge in [0.1, 0.15) is 4.90 Å². The molecule has 2 aromatic carbocycles. The monoisotopic (exact) mass is 434 g/mol. The van der Waals surface area contributed by atoms with Crippen LogP contribution in [0, 0.1) is 0 Å². The highest BCUT2D eigenvalue weighted by molar-refractivity contribution is 7.89. The van der Waals surface area contributed by atoms with E-state index in [1.54, 1.807) is 32.4 Å². The van der Waals surface area contributed by atoms with Gasteiger partial charge in [0.2, 0.25) is 10.0 Å². The second-order valence-corrected chi connectivity index (χ2v) is 8.75. The minimum absolute atomic E-state index is 0.00314. The maximum absolute atomic E-state index is 13.0. The summed E-state index contributed by atoms with van der Waals surface area (Å²) in [6.45, 7) is 1.66. The van der Waals surface area contributed by atoms with Gasteiger partial charge in [-0.1, -0.05) is 6.07 Å². The zero-order valence-corrected chi connectivity index (χ0v) is 17.9. The maximum atomic E-state index is 13.0. The quantitative estimate of drug-likeness (QED) is 0.625. The number of nitrogens with zero attached hydrogens (tertiary/aromatic N) is 1. The molecule has 1 fully saturated rings. The van der Waals surface area contributed by atoms with Crippen LogP contribution in [0.3, 0.4) is 0 Å². The molecule has 0 spiro atoms. The molecule has 8 nitrogen and oxygen atoms in total. The van der Waals surface area contributed by atoms with Crippen LogP contribution in [-0.4, -0.2) is 53.3 Å². The van der Waals surface area contributed by atoms with Gasteiger partial charge in [-0.25, -0.2) is 17.9 Å². The van der Waals surface area contributed by atoms with E-state index in [2.05, 4.69) is 4.72 Å². The zero-order valence-electron chi connectivity index (χ0n) is 17.1. The smallest absolute Gasteiger partial charge is 0.335 e. The Bertz CT molecular complexity index is 1020. The Morgan fingerprint density at radius 2 is 1.77 bits per heavy atom. The molecule has 2 N–H and O–H groups in total. The topological polar surface area (TPSA) is 105 Å². The number of carbonyl (C=O) groups is 1. The lowest BCUT2D eigenvalue weighted by atomic mass is 10.1. The number of nitrogens with one attached hydrogen (secondary N) is 1. The van der Waals surface area contributed by atoms with Crippen LogP contribution in [0.2, 0.25) is 0 Å². The van der Waals surface area contributed by atoms with Gasteiger partial charge in [0, 0.05) is 19.6 Å². The van der Waals surface area contributed by atoms with Crippen molar-refractivity contribution in [3.8, 4) is 11.5 Å². The van der Waals surface area contributed by atoms with E-state index in [1.807, 2.05) is 11.0 Å². The van der Waals surface area contributed by atoms with Crippen LogP contribution in [-0.2, 0) is 16.4 Å². The fourth-order valence-electron chi connectivity index (χ4n) is 3.53. The number of ether oxygens (including phenoxy) is 2. The molecule has 0 aromatic heterocycles. The molecule has 1 aliphatic heterocycles. The SMILES string of the molecule is COc1ccc(CCNS(=O)(=O)c2cc(C(=O)O)ccc2N2CCCC2)cc1OC. The molecule has 0 bridgehead atoms. The Hall–Kier alpha value is -2.78. The van der Waals surface area contributed by atoms with Crippen molar-refractivity contribution >= 4 is 21.7 Å². The average molecular weight is 435 g/mol. The summed E-state index contributed by atoms with van der Waals surface area (Å²) in [5, 5.41) is 9.30. The lowest BCUT2D eigenvalue weighted by Crippen LogP contribution is -2.29. The van der Waals surface area contributed by atoms with Gasteiger partial charge in [-0.15, -0.1) is 0 Å². The van der Waals surface area contributed by atoms with E-state index in [4.69, 9.17) is 9.47 Å². The normalized spacial score (nSPS) is 14.0. The minimum Gasteiger partial charge on any atom is -0.493 e. The predicted octanol–water partition coefficient (Wildman–Crippen LogP) is 2.52. The van der Waals surface area contributed by atoms with Crippen molar-refractivity contribution in [1.82, 2.24) is 4.72 Å². The van der Waals surface area contributed by atoms with Gasteiger partial charge in [-0.3, -0.25) is 0 Å². The molecule has 0 atom stereocenters. The van der Waals surface area contributed by atoms with Crippen molar-refractivity contribution in [2.24, 2.45) is 0 Å². The molecule has 0 unspecified atom stereocenters. The van der Waals surface area contributed by atoms with Crippen LogP contribution in [0.5, 0.6) is 11.5 Å². The van der Waals surface area contributed by atoms with E-state index in [0.717, 1.165) is 31.5 Å². The number of methoxy groups -OCH3 is 2. The van der Waals surface area contributed by atoms with E-state index in [9.17, 15) is 18.3 Å². The van der Waals surface area contributed by atoms with Crippen molar-refractivity contribution in [3.63, 3.8) is 0 Å². The molecule has 0 aliphatic carbocycles. The van der Waals surface area contributed by atoms with Gasteiger partial charge in [0.15, 0.2) is 11.5 Å². The molecular formula is C21H26N2O6S. The lowest BCUT2D eigenvalue weighted by molar-refractivity contribution is 0.0696. The summed E-state index contributed by atoms with van der Waals surface area (Å²) >= 11 is 0. The Morgan fingerprint density at radius 3 is 2.40 bits per heavy atom. The Morgan fingerprint density at radius 1 is 1.07 bits per heavy atom. The number of hydrogen-bond donors (Lipinski definition) is 2. The number of sulfonamides is 1. The Kier molecular flexibility index (Phi) is 6.84. The molecule has 3 rings (SSSR count). The van der Waals surface area contributed by atoms with Crippen LogP contribution >= 0.6 is 0 Å². The van der Waals surface area contributed by atoms with Gasteiger partial charge in [0.25, 0.3) is 0 Å². The highest BCUT2D eigenvalue weighted by Gasteiger charge is 2.25. The van der Waals surface area contributed by atoms with E-state index in [0.29, 0.717) is 23.6 Å². The standard InChI is InChI=1S/C21H26N2O6S/c1-28-18-8-5-15(13-19(18)29-2)9-10-22-30(26,27)20-14-16(21(24)25)6-7-17(20)23-11-3-4-12-23/h5-8,13-14,22H,3-4,9-12H2,1-2H3,(H,24,25). The van der Waals surface area contributed by atoms with Crippen molar-refractivity contribution < 1.29 is 27.8 Å². The summed E-state index contributed by atoms with van der Waals surface area (Å²) < 4.78 is 39.1. The average Bonchev–Trinajstić information content (AvgIpc) is 3.27. The molecule has 1 aliphatic rings. The molecule has 0 saturated carbocycles. The highest BCUT2D eigenvalue weighted by atomic mass is 32.2. The maximum Gasteiger partial charge on any atom is 0.335 e. The number of aromatic carboxylic acids is 1. The first-order valence-electron chi connectivity index (χ1n) is 9.68. The summed E-state index contributed by atoms with van der Waals surface area (Å²) in [5.74, 6) is 0.00987. The van der Waals surface area contributed by atoms with Crippen LogP contribution in [0.1, 0.15) is 28.8 Å². The largest absolute Gasteiger partial charge is 0.493 e. The summed E-state index contributed by atoms with van der Waals surface area (Å²) in [6.07, 6.45) is 2.40. The van der Waals surface area contributed by atoms with Gasteiger partial charge in [0.05, 0.1) is 25.5 Å². The Labute approximate surface area is 176 Å². The molecule has 1 saturated heterocycles.